The Labute approximate surface area is 128 Å². The molecule has 1 aromatic heterocycles. The zero-order valence-electron chi connectivity index (χ0n) is 12.5. The lowest BCUT2D eigenvalue weighted by Crippen LogP contribution is -2.50. The summed E-state index contributed by atoms with van der Waals surface area (Å²) in [6.07, 6.45) is 1.53. The second-order valence-electron chi connectivity index (χ2n) is 5.23. The van der Waals surface area contributed by atoms with Crippen LogP contribution in [0.2, 0.25) is 0 Å². The SMILES string of the molecule is CCOC(=O)N1CCN(C(=O)c2cccc3cc[nH]c23)CC1. The zero-order chi connectivity index (χ0) is 15.5. The normalized spacial score (nSPS) is 15.1. The first-order valence-corrected chi connectivity index (χ1v) is 7.47. The van der Waals surface area contributed by atoms with Gasteiger partial charge in [0.05, 0.1) is 17.7 Å². The van der Waals surface area contributed by atoms with Crippen LogP contribution in [-0.2, 0) is 4.74 Å². The molecule has 1 fully saturated rings. The number of benzene rings is 1. The van der Waals surface area contributed by atoms with E-state index in [9.17, 15) is 9.59 Å². The molecule has 0 radical (unpaired) electrons. The molecule has 1 saturated heterocycles. The summed E-state index contributed by atoms with van der Waals surface area (Å²) >= 11 is 0. The summed E-state index contributed by atoms with van der Waals surface area (Å²) in [5.74, 6) is -0.00319. The van der Waals surface area contributed by atoms with Crippen LogP contribution in [0.3, 0.4) is 0 Å². The van der Waals surface area contributed by atoms with Crippen molar-refractivity contribution >= 4 is 22.9 Å². The molecule has 0 saturated carbocycles. The number of nitrogens with one attached hydrogen (secondary N) is 1. The fourth-order valence-corrected chi connectivity index (χ4v) is 2.74. The number of rotatable bonds is 2. The van der Waals surface area contributed by atoms with Crippen LogP contribution in [0.4, 0.5) is 4.79 Å². The van der Waals surface area contributed by atoms with E-state index in [0.29, 0.717) is 38.3 Å². The first kappa shape index (κ1) is 14.4. The van der Waals surface area contributed by atoms with E-state index >= 15 is 0 Å². The Bertz CT molecular complexity index is 687. The summed E-state index contributed by atoms with van der Waals surface area (Å²) in [6.45, 7) is 4.21. The van der Waals surface area contributed by atoms with Gasteiger partial charge in [0.1, 0.15) is 0 Å². The molecule has 1 aromatic carbocycles. The molecule has 116 valence electrons. The number of aromatic nitrogens is 1. The third-order valence-electron chi connectivity index (χ3n) is 3.91. The first-order valence-electron chi connectivity index (χ1n) is 7.47. The van der Waals surface area contributed by atoms with Crippen molar-refractivity contribution < 1.29 is 14.3 Å². The Kier molecular flexibility index (Phi) is 4.00. The van der Waals surface area contributed by atoms with Gasteiger partial charge in [0.2, 0.25) is 0 Å². The maximum absolute atomic E-state index is 12.7. The number of carbonyl (C=O) groups excluding carboxylic acids is 2. The number of para-hydroxylation sites is 1. The van der Waals surface area contributed by atoms with Crippen molar-refractivity contribution in [3.63, 3.8) is 0 Å². The topological polar surface area (TPSA) is 65.6 Å². The molecule has 0 atom stereocenters. The molecule has 2 amide bonds. The highest BCUT2D eigenvalue weighted by molar-refractivity contribution is 6.05. The number of H-pyrrole nitrogens is 1. The number of nitrogens with zero attached hydrogens (tertiary/aromatic N) is 2. The molecule has 0 aliphatic carbocycles. The minimum absolute atomic E-state index is 0.00319. The number of fused-ring (bicyclic) bond motifs is 1. The average Bonchev–Trinajstić information content (AvgIpc) is 3.03. The predicted molar refractivity (Wildman–Crippen MR) is 82.8 cm³/mol. The van der Waals surface area contributed by atoms with E-state index in [2.05, 4.69) is 4.98 Å². The van der Waals surface area contributed by atoms with E-state index < -0.39 is 0 Å². The Morgan fingerprint density at radius 1 is 1.14 bits per heavy atom. The van der Waals surface area contributed by atoms with E-state index in [-0.39, 0.29) is 12.0 Å². The van der Waals surface area contributed by atoms with Crippen LogP contribution in [0.25, 0.3) is 10.9 Å². The molecule has 6 heteroatoms. The minimum Gasteiger partial charge on any atom is -0.450 e. The first-order chi connectivity index (χ1) is 10.7. The Hall–Kier alpha value is -2.50. The number of hydrogen-bond acceptors (Lipinski definition) is 3. The lowest BCUT2D eigenvalue weighted by Gasteiger charge is -2.34. The summed E-state index contributed by atoms with van der Waals surface area (Å²) in [4.78, 5) is 30.9. The fraction of sp³-hybridized carbons (Fsp3) is 0.375. The van der Waals surface area contributed by atoms with E-state index in [1.54, 1.807) is 16.7 Å². The van der Waals surface area contributed by atoms with Gasteiger partial charge >= 0.3 is 6.09 Å². The fourth-order valence-electron chi connectivity index (χ4n) is 2.74. The molecule has 0 bridgehead atoms. The van der Waals surface area contributed by atoms with Gasteiger partial charge in [0.15, 0.2) is 0 Å². The van der Waals surface area contributed by atoms with Crippen molar-refractivity contribution in [2.45, 2.75) is 6.92 Å². The Balaban J connectivity index is 1.70. The van der Waals surface area contributed by atoms with Gasteiger partial charge in [-0.05, 0) is 19.1 Å². The molecule has 22 heavy (non-hydrogen) atoms. The average molecular weight is 301 g/mol. The smallest absolute Gasteiger partial charge is 0.409 e. The molecular formula is C16H19N3O3. The van der Waals surface area contributed by atoms with Crippen LogP contribution < -0.4 is 0 Å². The number of hydrogen-bond donors (Lipinski definition) is 1. The van der Waals surface area contributed by atoms with Gasteiger partial charge in [0, 0.05) is 37.8 Å². The molecule has 0 spiro atoms. The van der Waals surface area contributed by atoms with Crippen molar-refractivity contribution in [3.8, 4) is 0 Å². The molecule has 0 unspecified atom stereocenters. The minimum atomic E-state index is -0.305. The van der Waals surface area contributed by atoms with Gasteiger partial charge in [-0.2, -0.15) is 0 Å². The van der Waals surface area contributed by atoms with E-state index in [1.165, 1.54) is 0 Å². The number of piperazine rings is 1. The molecular weight excluding hydrogens is 282 g/mol. The van der Waals surface area contributed by atoms with Crippen LogP contribution in [0.1, 0.15) is 17.3 Å². The van der Waals surface area contributed by atoms with Gasteiger partial charge < -0.3 is 19.5 Å². The van der Waals surface area contributed by atoms with Gasteiger partial charge in [-0.25, -0.2) is 4.79 Å². The highest BCUT2D eigenvalue weighted by Gasteiger charge is 2.26. The van der Waals surface area contributed by atoms with Gasteiger partial charge in [-0.15, -0.1) is 0 Å². The van der Waals surface area contributed by atoms with E-state index in [0.717, 1.165) is 10.9 Å². The molecule has 1 aliphatic rings. The Morgan fingerprint density at radius 2 is 1.86 bits per heavy atom. The maximum atomic E-state index is 12.7. The standard InChI is InChI=1S/C16H19N3O3/c1-2-22-16(21)19-10-8-18(9-11-19)15(20)13-5-3-4-12-6-7-17-14(12)13/h3-7,17H,2,8-11H2,1H3. The van der Waals surface area contributed by atoms with Crippen molar-refractivity contribution in [1.29, 1.82) is 0 Å². The number of carbonyl (C=O) groups is 2. The van der Waals surface area contributed by atoms with Crippen molar-refractivity contribution in [3.05, 3.63) is 36.0 Å². The van der Waals surface area contributed by atoms with Crippen LogP contribution >= 0.6 is 0 Å². The van der Waals surface area contributed by atoms with Crippen LogP contribution in [0.5, 0.6) is 0 Å². The maximum Gasteiger partial charge on any atom is 0.409 e. The summed E-state index contributed by atoms with van der Waals surface area (Å²) < 4.78 is 4.99. The molecule has 3 rings (SSSR count). The van der Waals surface area contributed by atoms with Crippen LogP contribution in [0.15, 0.2) is 30.5 Å². The monoisotopic (exact) mass is 301 g/mol. The highest BCUT2D eigenvalue weighted by Crippen LogP contribution is 2.19. The summed E-state index contributed by atoms with van der Waals surface area (Å²) in [6, 6.07) is 7.64. The molecule has 6 nitrogen and oxygen atoms in total. The molecule has 1 N–H and O–H groups in total. The second kappa shape index (κ2) is 6.09. The number of aromatic amines is 1. The lowest BCUT2D eigenvalue weighted by molar-refractivity contribution is 0.0572. The Morgan fingerprint density at radius 3 is 2.59 bits per heavy atom. The van der Waals surface area contributed by atoms with E-state index in [4.69, 9.17) is 4.74 Å². The number of amides is 2. The highest BCUT2D eigenvalue weighted by atomic mass is 16.6. The quantitative estimate of drug-likeness (QED) is 0.923. The van der Waals surface area contributed by atoms with Crippen molar-refractivity contribution in [2.75, 3.05) is 32.8 Å². The van der Waals surface area contributed by atoms with Crippen LogP contribution in [0, 0.1) is 0 Å². The largest absolute Gasteiger partial charge is 0.450 e. The van der Waals surface area contributed by atoms with E-state index in [1.807, 2.05) is 30.5 Å². The van der Waals surface area contributed by atoms with Gasteiger partial charge in [-0.1, -0.05) is 12.1 Å². The number of ether oxygens (including phenoxy) is 1. The zero-order valence-corrected chi connectivity index (χ0v) is 12.5. The summed E-state index contributed by atoms with van der Waals surface area (Å²) in [5.41, 5.74) is 1.53. The molecule has 2 heterocycles. The third kappa shape index (κ3) is 2.64. The van der Waals surface area contributed by atoms with Crippen LogP contribution in [-0.4, -0.2) is 59.6 Å². The third-order valence-corrected chi connectivity index (χ3v) is 3.91. The summed E-state index contributed by atoms with van der Waals surface area (Å²) in [7, 11) is 0. The van der Waals surface area contributed by atoms with Crippen molar-refractivity contribution in [2.24, 2.45) is 0 Å². The predicted octanol–water partition coefficient (Wildman–Crippen LogP) is 2.08. The molecule has 1 aliphatic heterocycles. The van der Waals surface area contributed by atoms with Gasteiger partial charge in [0.25, 0.3) is 5.91 Å². The van der Waals surface area contributed by atoms with Crippen molar-refractivity contribution in [1.82, 2.24) is 14.8 Å². The molecule has 2 aromatic rings. The second-order valence-corrected chi connectivity index (χ2v) is 5.23. The summed E-state index contributed by atoms with van der Waals surface area (Å²) in [5, 5.41) is 1.02. The van der Waals surface area contributed by atoms with Gasteiger partial charge in [-0.3, -0.25) is 4.79 Å². The lowest BCUT2D eigenvalue weighted by atomic mass is 10.1.